The van der Waals surface area contributed by atoms with E-state index in [1.165, 1.54) is 0 Å². The maximum Gasteiger partial charge on any atom is 0.214 e. The summed E-state index contributed by atoms with van der Waals surface area (Å²) in [5.74, 6) is 0. The molecular weight excluding hydrogens is 182 g/mol. The largest absolute Gasteiger partial charge is 0.395 e. The third-order valence-corrected chi connectivity index (χ3v) is 3.75. The summed E-state index contributed by atoms with van der Waals surface area (Å²) in [6, 6.07) is -0.754. The Morgan fingerprint density at radius 3 is 2.17 bits per heavy atom. The van der Waals surface area contributed by atoms with E-state index in [1.807, 2.05) is 0 Å². The number of nitrogens with one attached hydrogen (secondary N) is 1. The van der Waals surface area contributed by atoms with Crippen LogP contribution in [-0.2, 0) is 10.0 Å². The second kappa shape index (κ2) is 3.69. The van der Waals surface area contributed by atoms with Gasteiger partial charge >= 0.3 is 0 Å². The van der Waals surface area contributed by atoms with E-state index in [0.29, 0.717) is 12.8 Å². The van der Waals surface area contributed by atoms with Gasteiger partial charge in [0, 0.05) is 0 Å². The Bertz CT molecular complexity index is 230. The number of rotatable bonds is 5. The van der Waals surface area contributed by atoms with Crippen LogP contribution in [0.4, 0.5) is 0 Å². The van der Waals surface area contributed by atoms with Crippen LogP contribution in [0.1, 0.15) is 12.8 Å². The van der Waals surface area contributed by atoms with Gasteiger partial charge in [-0.05, 0) is 12.8 Å². The molecule has 0 unspecified atom stereocenters. The zero-order valence-electron chi connectivity index (χ0n) is 6.60. The van der Waals surface area contributed by atoms with Crippen LogP contribution in [-0.4, -0.2) is 43.1 Å². The third kappa shape index (κ3) is 2.41. The zero-order chi connectivity index (χ0) is 9.19. The molecule has 12 heavy (non-hydrogen) atoms. The molecule has 1 aliphatic rings. The first-order valence-corrected chi connectivity index (χ1v) is 5.37. The maximum absolute atomic E-state index is 11.2. The monoisotopic (exact) mass is 195 g/mol. The van der Waals surface area contributed by atoms with Crippen LogP contribution in [0.3, 0.4) is 0 Å². The summed E-state index contributed by atoms with van der Waals surface area (Å²) in [6.07, 6.45) is 1.36. The van der Waals surface area contributed by atoms with Crippen LogP contribution in [0.15, 0.2) is 0 Å². The normalized spacial score (nSPS) is 18.6. The SMILES string of the molecule is O=S(=O)(NC(CO)CO)C1CC1. The van der Waals surface area contributed by atoms with Gasteiger partial charge in [0.1, 0.15) is 0 Å². The fraction of sp³-hybridized carbons (Fsp3) is 1.00. The molecule has 0 spiro atoms. The first-order chi connectivity index (χ1) is 5.60. The number of hydrogen-bond donors (Lipinski definition) is 3. The van der Waals surface area contributed by atoms with Crippen molar-refractivity contribution in [2.45, 2.75) is 24.1 Å². The van der Waals surface area contributed by atoms with Gasteiger partial charge in [0.2, 0.25) is 10.0 Å². The van der Waals surface area contributed by atoms with E-state index in [0.717, 1.165) is 0 Å². The molecule has 1 aliphatic carbocycles. The molecule has 0 saturated heterocycles. The van der Waals surface area contributed by atoms with Crippen molar-refractivity contribution >= 4 is 10.0 Å². The molecule has 0 bridgehead atoms. The predicted octanol–water partition coefficient (Wildman–Crippen LogP) is -1.58. The molecule has 0 aliphatic heterocycles. The molecule has 0 aromatic rings. The van der Waals surface area contributed by atoms with Gasteiger partial charge in [0.15, 0.2) is 0 Å². The highest BCUT2D eigenvalue weighted by atomic mass is 32.2. The van der Waals surface area contributed by atoms with Gasteiger partial charge in [-0.2, -0.15) is 0 Å². The summed E-state index contributed by atoms with van der Waals surface area (Å²) in [5.41, 5.74) is 0. The summed E-state index contributed by atoms with van der Waals surface area (Å²) in [4.78, 5) is 0. The highest BCUT2D eigenvalue weighted by Crippen LogP contribution is 2.27. The molecule has 1 fully saturated rings. The lowest BCUT2D eigenvalue weighted by Crippen LogP contribution is -2.41. The molecule has 5 nitrogen and oxygen atoms in total. The number of hydrogen-bond acceptors (Lipinski definition) is 4. The minimum Gasteiger partial charge on any atom is -0.395 e. The van der Waals surface area contributed by atoms with Gasteiger partial charge in [-0.15, -0.1) is 0 Å². The van der Waals surface area contributed by atoms with E-state index in [-0.39, 0.29) is 18.5 Å². The molecule has 72 valence electrons. The Labute approximate surface area is 71.5 Å². The van der Waals surface area contributed by atoms with Crippen molar-refractivity contribution in [2.24, 2.45) is 0 Å². The Balaban J connectivity index is 2.47. The van der Waals surface area contributed by atoms with E-state index in [9.17, 15) is 8.42 Å². The number of aliphatic hydroxyl groups excluding tert-OH is 2. The summed E-state index contributed by atoms with van der Waals surface area (Å²) in [7, 11) is -3.28. The number of aliphatic hydroxyl groups is 2. The van der Waals surface area contributed by atoms with Crippen molar-refractivity contribution < 1.29 is 18.6 Å². The molecule has 1 saturated carbocycles. The first kappa shape index (κ1) is 9.91. The standard InChI is InChI=1S/C6H13NO4S/c8-3-5(4-9)7-12(10,11)6-1-2-6/h5-9H,1-4H2. The van der Waals surface area contributed by atoms with Crippen molar-refractivity contribution in [3.05, 3.63) is 0 Å². The molecule has 0 atom stereocenters. The van der Waals surface area contributed by atoms with E-state index >= 15 is 0 Å². The van der Waals surface area contributed by atoms with E-state index in [1.54, 1.807) is 0 Å². The van der Waals surface area contributed by atoms with Crippen LogP contribution >= 0.6 is 0 Å². The molecule has 0 aromatic carbocycles. The quantitative estimate of drug-likeness (QED) is 0.494. The lowest BCUT2D eigenvalue weighted by molar-refractivity contribution is 0.185. The minimum absolute atomic E-state index is 0.307. The third-order valence-electron chi connectivity index (χ3n) is 1.73. The van der Waals surface area contributed by atoms with Crippen molar-refractivity contribution in [1.29, 1.82) is 0 Å². The van der Waals surface area contributed by atoms with Crippen LogP contribution in [0.5, 0.6) is 0 Å². The topological polar surface area (TPSA) is 86.6 Å². The second-order valence-electron chi connectivity index (χ2n) is 2.92. The van der Waals surface area contributed by atoms with Gasteiger partial charge < -0.3 is 10.2 Å². The second-order valence-corrected chi connectivity index (χ2v) is 4.92. The predicted molar refractivity (Wildman–Crippen MR) is 43.0 cm³/mol. The average molecular weight is 195 g/mol. The smallest absolute Gasteiger partial charge is 0.214 e. The van der Waals surface area contributed by atoms with E-state index in [2.05, 4.69) is 4.72 Å². The van der Waals surface area contributed by atoms with Gasteiger partial charge in [0.05, 0.1) is 24.5 Å². The summed E-state index contributed by atoms with van der Waals surface area (Å²) >= 11 is 0. The van der Waals surface area contributed by atoms with Crippen molar-refractivity contribution in [2.75, 3.05) is 13.2 Å². The van der Waals surface area contributed by atoms with Crippen LogP contribution in [0.2, 0.25) is 0 Å². The average Bonchev–Trinajstić information content (AvgIpc) is 2.82. The molecule has 1 rings (SSSR count). The Morgan fingerprint density at radius 1 is 1.33 bits per heavy atom. The molecule has 6 heteroatoms. The molecule has 0 heterocycles. The molecule has 3 N–H and O–H groups in total. The van der Waals surface area contributed by atoms with E-state index in [4.69, 9.17) is 10.2 Å². The van der Waals surface area contributed by atoms with E-state index < -0.39 is 16.1 Å². The summed E-state index contributed by atoms with van der Waals surface area (Å²) in [5, 5.41) is 16.9. The fourth-order valence-electron chi connectivity index (χ4n) is 0.839. The molecular formula is C6H13NO4S. The molecule has 0 aromatic heterocycles. The van der Waals surface area contributed by atoms with Crippen LogP contribution < -0.4 is 4.72 Å². The first-order valence-electron chi connectivity index (χ1n) is 3.83. The van der Waals surface area contributed by atoms with Gasteiger partial charge in [-0.25, -0.2) is 13.1 Å². The Hall–Kier alpha value is -0.170. The lowest BCUT2D eigenvalue weighted by Gasteiger charge is -2.12. The van der Waals surface area contributed by atoms with Crippen molar-refractivity contribution in [3.8, 4) is 0 Å². The lowest BCUT2D eigenvalue weighted by atomic mass is 10.4. The maximum atomic E-state index is 11.2. The molecule has 0 radical (unpaired) electrons. The van der Waals surface area contributed by atoms with Gasteiger partial charge in [0.25, 0.3) is 0 Å². The fourth-order valence-corrected chi connectivity index (χ4v) is 2.40. The number of sulfonamides is 1. The highest BCUT2D eigenvalue weighted by Gasteiger charge is 2.36. The van der Waals surface area contributed by atoms with Gasteiger partial charge in [-0.1, -0.05) is 0 Å². The van der Waals surface area contributed by atoms with Gasteiger partial charge in [-0.3, -0.25) is 0 Å². The van der Waals surface area contributed by atoms with Crippen LogP contribution in [0.25, 0.3) is 0 Å². The van der Waals surface area contributed by atoms with Crippen molar-refractivity contribution in [3.63, 3.8) is 0 Å². The molecule has 0 amide bonds. The van der Waals surface area contributed by atoms with Crippen LogP contribution in [0, 0.1) is 0 Å². The Morgan fingerprint density at radius 2 is 1.83 bits per heavy atom. The zero-order valence-corrected chi connectivity index (χ0v) is 7.42. The minimum atomic E-state index is -3.28. The Kier molecular flexibility index (Phi) is 3.05. The summed E-state index contributed by atoms with van der Waals surface area (Å²) < 4.78 is 24.6. The van der Waals surface area contributed by atoms with Crippen molar-refractivity contribution in [1.82, 2.24) is 4.72 Å². The summed E-state index contributed by atoms with van der Waals surface area (Å²) in [6.45, 7) is -0.745. The highest BCUT2D eigenvalue weighted by molar-refractivity contribution is 7.90.